The average Bonchev–Trinajstić information content (AvgIpc) is 2.60. The lowest BCUT2D eigenvalue weighted by Crippen LogP contribution is -2.00. The second-order valence-electron chi connectivity index (χ2n) is 3.20. The smallest absolute Gasteiger partial charge is 0.124 e. The highest BCUT2D eigenvalue weighted by atomic mass is 15.2. The van der Waals surface area contributed by atoms with E-state index in [4.69, 9.17) is 0 Å². The molecule has 0 fully saturated rings. The first-order chi connectivity index (χ1) is 6.33. The van der Waals surface area contributed by atoms with Crippen LogP contribution in [-0.2, 0) is 0 Å². The van der Waals surface area contributed by atoms with Gasteiger partial charge in [0.25, 0.3) is 0 Å². The van der Waals surface area contributed by atoms with Crippen molar-refractivity contribution < 1.29 is 0 Å². The number of hydrogen-bond acceptors (Lipinski definition) is 3. The molecule has 2 aromatic rings. The molecule has 4 heteroatoms. The van der Waals surface area contributed by atoms with Crippen molar-refractivity contribution in [2.45, 2.75) is 26.2 Å². The molecule has 0 bridgehead atoms. The quantitative estimate of drug-likeness (QED) is 0.698. The Kier molecular flexibility index (Phi) is 1.96. The van der Waals surface area contributed by atoms with Gasteiger partial charge in [-0.1, -0.05) is 13.8 Å². The fourth-order valence-electron chi connectivity index (χ4n) is 1.33. The molecule has 0 saturated heterocycles. The minimum absolute atomic E-state index is 0.465. The van der Waals surface area contributed by atoms with Crippen molar-refractivity contribution >= 4 is 5.52 Å². The fraction of sp³-hybridized carbons (Fsp3) is 0.444. The Hall–Kier alpha value is -1.45. The van der Waals surface area contributed by atoms with Crippen LogP contribution in [0, 0.1) is 0 Å². The molecule has 0 saturated carbocycles. The summed E-state index contributed by atoms with van der Waals surface area (Å²) in [6, 6.07) is 0. The molecule has 68 valence electrons. The number of imidazole rings is 1. The molecule has 2 aromatic heterocycles. The molecule has 4 nitrogen and oxygen atoms in total. The SMILES string of the molecule is CCC(C)c1ncc2cnncn12. The molecule has 0 aliphatic rings. The predicted molar refractivity (Wildman–Crippen MR) is 49.5 cm³/mol. The maximum atomic E-state index is 4.35. The molecular formula is C9H12N4. The van der Waals surface area contributed by atoms with E-state index >= 15 is 0 Å². The Morgan fingerprint density at radius 2 is 2.23 bits per heavy atom. The number of rotatable bonds is 2. The summed E-state index contributed by atoms with van der Waals surface area (Å²) >= 11 is 0. The zero-order chi connectivity index (χ0) is 9.26. The lowest BCUT2D eigenvalue weighted by atomic mass is 10.1. The van der Waals surface area contributed by atoms with Gasteiger partial charge >= 0.3 is 0 Å². The summed E-state index contributed by atoms with van der Waals surface area (Å²) in [5, 5.41) is 7.64. The van der Waals surface area contributed by atoms with Gasteiger partial charge in [-0.15, -0.1) is 5.10 Å². The molecule has 1 unspecified atom stereocenters. The highest BCUT2D eigenvalue weighted by Crippen LogP contribution is 2.17. The third-order valence-electron chi connectivity index (χ3n) is 2.33. The van der Waals surface area contributed by atoms with Gasteiger partial charge in [0.05, 0.1) is 17.9 Å². The van der Waals surface area contributed by atoms with Crippen LogP contribution in [0.15, 0.2) is 18.7 Å². The predicted octanol–water partition coefficient (Wildman–Crippen LogP) is 1.64. The van der Waals surface area contributed by atoms with Gasteiger partial charge in [-0.05, 0) is 6.42 Å². The van der Waals surface area contributed by atoms with Crippen molar-refractivity contribution in [3.8, 4) is 0 Å². The van der Waals surface area contributed by atoms with Crippen molar-refractivity contribution in [2.75, 3.05) is 0 Å². The van der Waals surface area contributed by atoms with Gasteiger partial charge in [0.2, 0.25) is 0 Å². The molecule has 2 heterocycles. The zero-order valence-electron chi connectivity index (χ0n) is 7.81. The van der Waals surface area contributed by atoms with E-state index < -0.39 is 0 Å². The van der Waals surface area contributed by atoms with Gasteiger partial charge < -0.3 is 0 Å². The largest absolute Gasteiger partial charge is 0.284 e. The molecule has 0 aliphatic heterocycles. The monoisotopic (exact) mass is 176 g/mol. The van der Waals surface area contributed by atoms with Crippen molar-refractivity contribution in [1.29, 1.82) is 0 Å². The third-order valence-corrected chi connectivity index (χ3v) is 2.33. The second-order valence-corrected chi connectivity index (χ2v) is 3.20. The molecule has 0 radical (unpaired) electrons. The van der Waals surface area contributed by atoms with Gasteiger partial charge in [0.1, 0.15) is 12.2 Å². The average molecular weight is 176 g/mol. The summed E-state index contributed by atoms with van der Waals surface area (Å²) in [5.74, 6) is 1.53. The minimum atomic E-state index is 0.465. The maximum absolute atomic E-state index is 4.35. The Labute approximate surface area is 76.6 Å². The second kappa shape index (κ2) is 3.12. The number of fused-ring (bicyclic) bond motifs is 1. The van der Waals surface area contributed by atoms with E-state index in [2.05, 4.69) is 29.0 Å². The topological polar surface area (TPSA) is 43.1 Å². The third kappa shape index (κ3) is 1.28. The molecule has 13 heavy (non-hydrogen) atoms. The van der Waals surface area contributed by atoms with Gasteiger partial charge in [0, 0.05) is 5.92 Å². The van der Waals surface area contributed by atoms with Crippen LogP contribution in [-0.4, -0.2) is 19.6 Å². The van der Waals surface area contributed by atoms with Crippen LogP contribution >= 0.6 is 0 Å². The van der Waals surface area contributed by atoms with E-state index in [1.807, 2.05) is 10.6 Å². The van der Waals surface area contributed by atoms with E-state index in [9.17, 15) is 0 Å². The van der Waals surface area contributed by atoms with Crippen LogP contribution in [0.4, 0.5) is 0 Å². The summed E-state index contributed by atoms with van der Waals surface area (Å²) in [6.45, 7) is 4.32. The fourth-order valence-corrected chi connectivity index (χ4v) is 1.33. The van der Waals surface area contributed by atoms with Crippen molar-refractivity contribution in [2.24, 2.45) is 0 Å². The Bertz CT molecular complexity index is 407. The Morgan fingerprint density at radius 1 is 1.38 bits per heavy atom. The number of aromatic nitrogens is 4. The summed E-state index contributed by atoms with van der Waals surface area (Å²) in [5.41, 5.74) is 1.00. The molecular weight excluding hydrogens is 164 g/mol. The van der Waals surface area contributed by atoms with Crippen molar-refractivity contribution in [3.63, 3.8) is 0 Å². The standard InChI is InChI=1S/C9H12N4/c1-3-7(2)9-10-4-8-5-11-12-6-13(8)9/h4-7H,3H2,1-2H3. The highest BCUT2D eigenvalue weighted by Gasteiger charge is 2.09. The first-order valence-corrected chi connectivity index (χ1v) is 4.46. The minimum Gasteiger partial charge on any atom is -0.284 e. The number of hydrogen-bond donors (Lipinski definition) is 0. The molecule has 2 rings (SSSR count). The molecule has 0 spiro atoms. The van der Waals surface area contributed by atoms with Crippen LogP contribution in [0.5, 0.6) is 0 Å². The van der Waals surface area contributed by atoms with Gasteiger partial charge in [-0.25, -0.2) is 4.98 Å². The summed E-state index contributed by atoms with van der Waals surface area (Å²) in [4.78, 5) is 4.35. The molecule has 0 N–H and O–H groups in total. The highest BCUT2D eigenvalue weighted by molar-refractivity contribution is 5.42. The van der Waals surface area contributed by atoms with E-state index in [1.54, 1.807) is 12.5 Å². The van der Waals surface area contributed by atoms with Crippen molar-refractivity contribution in [1.82, 2.24) is 19.6 Å². The maximum Gasteiger partial charge on any atom is 0.124 e. The number of nitrogens with zero attached hydrogens (tertiary/aromatic N) is 4. The Morgan fingerprint density at radius 3 is 3.00 bits per heavy atom. The first kappa shape index (κ1) is 8.16. The lowest BCUT2D eigenvalue weighted by molar-refractivity contribution is 0.670. The van der Waals surface area contributed by atoms with Crippen LogP contribution in [0.25, 0.3) is 5.52 Å². The normalized spacial score (nSPS) is 13.4. The van der Waals surface area contributed by atoms with Gasteiger partial charge in [0.15, 0.2) is 0 Å². The summed E-state index contributed by atoms with van der Waals surface area (Å²) < 4.78 is 1.99. The van der Waals surface area contributed by atoms with Crippen LogP contribution < -0.4 is 0 Å². The van der Waals surface area contributed by atoms with Crippen LogP contribution in [0.2, 0.25) is 0 Å². The van der Waals surface area contributed by atoms with E-state index in [1.165, 1.54) is 0 Å². The lowest BCUT2D eigenvalue weighted by Gasteiger charge is -2.05. The molecule has 0 aromatic carbocycles. The van der Waals surface area contributed by atoms with Crippen LogP contribution in [0.1, 0.15) is 32.0 Å². The van der Waals surface area contributed by atoms with E-state index in [-0.39, 0.29) is 0 Å². The summed E-state index contributed by atoms with van der Waals surface area (Å²) in [7, 11) is 0. The molecule has 1 atom stereocenters. The first-order valence-electron chi connectivity index (χ1n) is 4.46. The van der Waals surface area contributed by atoms with E-state index in [0.29, 0.717) is 5.92 Å². The van der Waals surface area contributed by atoms with E-state index in [0.717, 1.165) is 17.8 Å². The Balaban J connectivity index is 2.57. The van der Waals surface area contributed by atoms with Gasteiger partial charge in [-0.3, -0.25) is 4.40 Å². The van der Waals surface area contributed by atoms with Gasteiger partial charge in [-0.2, -0.15) is 5.10 Å². The van der Waals surface area contributed by atoms with Crippen LogP contribution in [0.3, 0.4) is 0 Å². The zero-order valence-corrected chi connectivity index (χ0v) is 7.81. The molecule has 0 amide bonds. The molecule has 0 aliphatic carbocycles. The summed E-state index contributed by atoms with van der Waals surface area (Å²) in [6.07, 6.45) is 6.35. The van der Waals surface area contributed by atoms with Crippen molar-refractivity contribution in [3.05, 3.63) is 24.5 Å².